The van der Waals surface area contributed by atoms with Crippen LogP contribution >= 0.6 is 0 Å². The highest BCUT2D eigenvalue weighted by Crippen LogP contribution is 2.47. The highest BCUT2D eigenvalue weighted by Gasteiger charge is 2.24. The molecule has 0 unspecified atom stereocenters. The van der Waals surface area contributed by atoms with Crippen molar-refractivity contribution in [2.75, 3.05) is 4.90 Å². The highest BCUT2D eigenvalue weighted by molar-refractivity contribution is 6.20. The van der Waals surface area contributed by atoms with E-state index in [0.29, 0.717) is 0 Å². The summed E-state index contributed by atoms with van der Waals surface area (Å²) >= 11 is 0. The van der Waals surface area contributed by atoms with Gasteiger partial charge in [-0.15, -0.1) is 0 Å². The smallest absolute Gasteiger partial charge is 0.123 e. The number of para-hydroxylation sites is 4. The molecule has 0 atom stereocenters. The van der Waals surface area contributed by atoms with E-state index in [9.17, 15) is 4.39 Å². The van der Waals surface area contributed by atoms with Crippen LogP contribution in [0.25, 0.3) is 55.0 Å². The molecule has 0 N–H and O–H groups in total. The van der Waals surface area contributed by atoms with Crippen LogP contribution in [0.15, 0.2) is 170 Å². The van der Waals surface area contributed by atoms with Crippen LogP contribution in [0.2, 0.25) is 0 Å². The maximum Gasteiger partial charge on any atom is 0.123 e. The van der Waals surface area contributed by atoms with Crippen molar-refractivity contribution in [1.29, 1.82) is 0 Å². The number of aromatic nitrogens is 2. The number of benzene rings is 7. The monoisotopic (exact) mass is 593 g/mol. The molecular weight excluding hydrogens is 565 g/mol. The Labute approximate surface area is 265 Å². The molecular formula is C42H28FN3. The first-order valence-corrected chi connectivity index (χ1v) is 15.5. The van der Waals surface area contributed by atoms with Crippen LogP contribution in [0.5, 0.6) is 0 Å². The molecule has 46 heavy (non-hydrogen) atoms. The van der Waals surface area contributed by atoms with E-state index in [1.807, 2.05) is 24.3 Å². The van der Waals surface area contributed by atoms with E-state index < -0.39 is 0 Å². The molecule has 9 rings (SSSR count). The molecule has 0 saturated carbocycles. The van der Waals surface area contributed by atoms with E-state index in [1.165, 1.54) is 0 Å². The zero-order valence-electron chi connectivity index (χ0n) is 24.9. The summed E-state index contributed by atoms with van der Waals surface area (Å²) < 4.78 is 19.1. The topological polar surface area (TPSA) is 13.1 Å². The number of hydrogen-bond donors (Lipinski definition) is 0. The third-order valence-electron chi connectivity index (χ3n) is 8.95. The first kappa shape index (κ1) is 26.3. The lowest BCUT2D eigenvalue weighted by molar-refractivity contribution is 0.628. The van der Waals surface area contributed by atoms with Crippen molar-refractivity contribution in [3.05, 3.63) is 176 Å². The fourth-order valence-electron chi connectivity index (χ4n) is 7.08. The molecule has 218 valence electrons. The molecule has 4 heteroatoms. The first-order chi connectivity index (χ1) is 22.8. The molecule has 0 fully saturated rings. The van der Waals surface area contributed by atoms with Crippen LogP contribution in [-0.2, 0) is 0 Å². The number of anilines is 3. The highest BCUT2D eigenvalue weighted by atomic mass is 19.1. The summed E-state index contributed by atoms with van der Waals surface area (Å²) in [5.41, 5.74) is 9.63. The van der Waals surface area contributed by atoms with Crippen molar-refractivity contribution in [3.8, 4) is 11.4 Å². The minimum Gasteiger partial charge on any atom is -0.309 e. The van der Waals surface area contributed by atoms with Gasteiger partial charge in [-0.2, -0.15) is 0 Å². The quantitative estimate of drug-likeness (QED) is 0.193. The van der Waals surface area contributed by atoms with E-state index in [2.05, 4.69) is 147 Å². The molecule has 0 radical (unpaired) electrons. The SMILES string of the molecule is Fc1ccc(N(c2cccc3c2c2ccccc2n3-c2ccccc2)c2cccc3c2c2ccccc2n3-c2ccccc2)cc1. The van der Waals surface area contributed by atoms with Crippen molar-refractivity contribution in [2.24, 2.45) is 0 Å². The van der Waals surface area contributed by atoms with Gasteiger partial charge < -0.3 is 14.0 Å². The van der Waals surface area contributed by atoms with Crippen LogP contribution in [-0.4, -0.2) is 9.13 Å². The molecule has 0 aliphatic heterocycles. The summed E-state index contributed by atoms with van der Waals surface area (Å²) in [4.78, 5) is 2.30. The Balaban J connectivity index is 1.42. The zero-order chi connectivity index (χ0) is 30.6. The number of hydrogen-bond acceptors (Lipinski definition) is 1. The van der Waals surface area contributed by atoms with E-state index >= 15 is 0 Å². The fraction of sp³-hybridized carbons (Fsp3) is 0. The van der Waals surface area contributed by atoms with Gasteiger partial charge in [0.05, 0.1) is 33.4 Å². The van der Waals surface area contributed by atoms with E-state index in [1.54, 1.807) is 12.1 Å². The normalized spacial score (nSPS) is 11.6. The zero-order valence-corrected chi connectivity index (χ0v) is 24.9. The van der Waals surface area contributed by atoms with Gasteiger partial charge in [0.2, 0.25) is 0 Å². The Bertz CT molecular complexity index is 2370. The Hall–Kier alpha value is -6.13. The standard InChI is InChI=1S/C42H28FN3/c43-29-25-27-32(28-26-29)46(39-23-11-21-37-41(39)33-17-7-9-19-35(33)44(37)30-13-3-1-4-14-30)40-24-12-22-38-42(40)34-18-8-10-20-36(34)45(38)31-15-5-2-6-16-31/h1-28H. The summed E-state index contributed by atoms with van der Waals surface area (Å²) in [7, 11) is 0. The minimum absolute atomic E-state index is 0.263. The second-order valence-corrected chi connectivity index (χ2v) is 11.5. The molecule has 0 saturated heterocycles. The maximum atomic E-state index is 14.4. The van der Waals surface area contributed by atoms with Gasteiger partial charge in [0.25, 0.3) is 0 Å². The van der Waals surface area contributed by atoms with Crippen molar-refractivity contribution >= 4 is 60.7 Å². The lowest BCUT2D eigenvalue weighted by Gasteiger charge is -2.27. The number of fused-ring (bicyclic) bond motifs is 6. The molecule has 0 spiro atoms. The van der Waals surface area contributed by atoms with Gasteiger partial charge in [-0.1, -0.05) is 84.9 Å². The van der Waals surface area contributed by atoms with Crippen molar-refractivity contribution in [3.63, 3.8) is 0 Å². The molecule has 0 aliphatic carbocycles. The molecule has 2 aromatic heterocycles. The summed E-state index contributed by atoms with van der Waals surface area (Å²) in [5, 5.41) is 4.58. The van der Waals surface area contributed by atoms with E-state index in [-0.39, 0.29) is 5.82 Å². The van der Waals surface area contributed by atoms with E-state index in [0.717, 1.165) is 72.0 Å². The van der Waals surface area contributed by atoms with Crippen LogP contribution in [0.4, 0.5) is 21.5 Å². The lowest BCUT2D eigenvalue weighted by atomic mass is 10.1. The Morgan fingerprint density at radius 2 is 0.783 bits per heavy atom. The third kappa shape index (κ3) is 3.97. The summed E-state index contributed by atoms with van der Waals surface area (Å²) in [6.07, 6.45) is 0. The van der Waals surface area contributed by atoms with Crippen LogP contribution in [0, 0.1) is 5.82 Å². The molecule has 0 bridgehead atoms. The summed E-state index contributed by atoms with van der Waals surface area (Å²) in [6, 6.07) is 58.0. The van der Waals surface area contributed by atoms with Gasteiger partial charge >= 0.3 is 0 Å². The molecule has 0 amide bonds. The Kier molecular flexibility index (Phi) is 6.00. The molecule has 7 aromatic carbocycles. The van der Waals surface area contributed by atoms with Gasteiger partial charge in [0.1, 0.15) is 5.82 Å². The average Bonchev–Trinajstić information content (AvgIpc) is 3.64. The Morgan fingerprint density at radius 3 is 1.26 bits per heavy atom. The largest absolute Gasteiger partial charge is 0.309 e. The van der Waals surface area contributed by atoms with E-state index in [4.69, 9.17) is 0 Å². The predicted molar refractivity (Wildman–Crippen MR) is 190 cm³/mol. The minimum atomic E-state index is -0.263. The van der Waals surface area contributed by atoms with Crippen LogP contribution in [0.3, 0.4) is 0 Å². The second-order valence-electron chi connectivity index (χ2n) is 11.5. The van der Waals surface area contributed by atoms with Gasteiger partial charge in [-0.3, -0.25) is 0 Å². The van der Waals surface area contributed by atoms with Crippen LogP contribution < -0.4 is 4.90 Å². The fourth-order valence-corrected chi connectivity index (χ4v) is 7.08. The second kappa shape index (κ2) is 10.5. The van der Waals surface area contributed by atoms with Crippen molar-refractivity contribution in [2.45, 2.75) is 0 Å². The maximum absolute atomic E-state index is 14.4. The Morgan fingerprint density at radius 1 is 0.370 bits per heavy atom. The van der Waals surface area contributed by atoms with Gasteiger partial charge in [0.15, 0.2) is 0 Å². The van der Waals surface area contributed by atoms with Gasteiger partial charge in [0, 0.05) is 38.6 Å². The molecule has 2 heterocycles. The predicted octanol–water partition coefficient (Wildman–Crippen LogP) is 11.5. The number of nitrogens with zero attached hydrogens (tertiary/aromatic N) is 3. The molecule has 9 aromatic rings. The van der Waals surface area contributed by atoms with Crippen LogP contribution in [0.1, 0.15) is 0 Å². The first-order valence-electron chi connectivity index (χ1n) is 15.5. The molecule has 0 aliphatic rings. The average molecular weight is 594 g/mol. The van der Waals surface area contributed by atoms with Gasteiger partial charge in [-0.05, 0) is 84.9 Å². The van der Waals surface area contributed by atoms with Crippen molar-refractivity contribution in [1.82, 2.24) is 9.13 Å². The number of halogens is 1. The summed E-state index contributed by atoms with van der Waals surface area (Å²) in [6.45, 7) is 0. The van der Waals surface area contributed by atoms with Gasteiger partial charge in [-0.25, -0.2) is 4.39 Å². The lowest BCUT2D eigenvalue weighted by Crippen LogP contribution is -2.11. The number of rotatable bonds is 5. The third-order valence-corrected chi connectivity index (χ3v) is 8.95. The summed E-state index contributed by atoms with van der Waals surface area (Å²) in [5.74, 6) is -0.263. The molecule has 3 nitrogen and oxygen atoms in total. The van der Waals surface area contributed by atoms with Crippen molar-refractivity contribution < 1.29 is 4.39 Å².